The number of nitro benzene ring substituents is 1. The van der Waals surface area contributed by atoms with Crippen molar-refractivity contribution in [1.29, 1.82) is 0 Å². The fourth-order valence-electron chi connectivity index (χ4n) is 2.94. The lowest BCUT2D eigenvalue weighted by Gasteiger charge is -2.05. The fraction of sp³-hybridized carbons (Fsp3) is 0.444. The third kappa shape index (κ3) is 4.04. The summed E-state index contributed by atoms with van der Waals surface area (Å²) in [4.78, 5) is 34.1. The van der Waals surface area contributed by atoms with Crippen LogP contribution in [-0.4, -0.2) is 24.0 Å². The molecule has 0 aromatic heterocycles. The molecule has 25 heavy (non-hydrogen) atoms. The lowest BCUT2D eigenvalue weighted by Crippen LogP contribution is -2.10. The van der Waals surface area contributed by atoms with Crippen LogP contribution >= 0.6 is 0 Å². The van der Waals surface area contributed by atoms with Crippen molar-refractivity contribution in [3.63, 3.8) is 0 Å². The van der Waals surface area contributed by atoms with Gasteiger partial charge < -0.3 is 9.47 Å². The lowest BCUT2D eigenvalue weighted by atomic mass is 10.1. The molecule has 2 atom stereocenters. The Morgan fingerprint density at radius 3 is 2.64 bits per heavy atom. The quantitative estimate of drug-likeness (QED) is 0.340. The van der Waals surface area contributed by atoms with Gasteiger partial charge in [0.2, 0.25) is 0 Å². The Bertz CT molecular complexity index is 737. The average molecular weight is 347 g/mol. The Morgan fingerprint density at radius 1 is 1.36 bits per heavy atom. The number of hydrogen-bond donors (Lipinski definition) is 0. The van der Waals surface area contributed by atoms with Crippen molar-refractivity contribution in [3.05, 3.63) is 51.6 Å². The van der Waals surface area contributed by atoms with Crippen LogP contribution in [0, 0.1) is 27.4 Å². The van der Waals surface area contributed by atoms with Crippen molar-refractivity contribution < 1.29 is 24.0 Å². The molecule has 0 radical (unpaired) electrons. The number of methoxy groups -OCH3 is 1. The van der Waals surface area contributed by atoms with E-state index in [9.17, 15) is 19.7 Å². The predicted molar refractivity (Wildman–Crippen MR) is 89.4 cm³/mol. The van der Waals surface area contributed by atoms with Gasteiger partial charge in [-0.25, -0.2) is 4.79 Å². The van der Waals surface area contributed by atoms with E-state index >= 15 is 0 Å². The average Bonchev–Trinajstić information content (AvgIpc) is 3.12. The van der Waals surface area contributed by atoms with Gasteiger partial charge in [-0.15, -0.1) is 0 Å². The predicted octanol–water partition coefficient (Wildman–Crippen LogP) is 3.03. The second-order valence-electron chi connectivity index (χ2n) is 6.70. The molecule has 2 unspecified atom stereocenters. The summed E-state index contributed by atoms with van der Waals surface area (Å²) in [5.41, 5.74) is 0.651. The summed E-state index contributed by atoms with van der Waals surface area (Å²) in [5, 5.41) is 10.8. The normalized spacial score (nSPS) is 21.4. The number of non-ortho nitro benzene ring substituents is 1. The minimum Gasteiger partial charge on any atom is -0.466 e. The third-order valence-corrected chi connectivity index (χ3v) is 4.60. The van der Waals surface area contributed by atoms with E-state index in [2.05, 4.69) is 4.74 Å². The molecular formula is C18H21NO6. The summed E-state index contributed by atoms with van der Waals surface area (Å²) < 4.78 is 9.98. The van der Waals surface area contributed by atoms with Crippen molar-refractivity contribution in [2.75, 3.05) is 7.11 Å². The maximum Gasteiger partial charge on any atom is 0.333 e. The molecule has 0 spiro atoms. The molecular weight excluding hydrogens is 326 g/mol. The number of esters is 2. The number of rotatable bonds is 6. The SMILES string of the molecule is COC(=O)/C(C)=C/C1C(C(=O)OCc2cccc([N+](=O)[O-])c2)C1(C)C. The molecule has 1 fully saturated rings. The van der Waals surface area contributed by atoms with Crippen molar-refractivity contribution in [3.8, 4) is 0 Å². The van der Waals surface area contributed by atoms with Crippen LogP contribution in [-0.2, 0) is 25.7 Å². The molecule has 1 aromatic carbocycles. The maximum atomic E-state index is 12.3. The van der Waals surface area contributed by atoms with Crippen LogP contribution in [0.15, 0.2) is 35.9 Å². The molecule has 0 saturated heterocycles. The van der Waals surface area contributed by atoms with Crippen molar-refractivity contribution in [2.45, 2.75) is 27.4 Å². The van der Waals surface area contributed by atoms with Crippen molar-refractivity contribution >= 4 is 17.6 Å². The highest BCUT2D eigenvalue weighted by atomic mass is 16.6. The van der Waals surface area contributed by atoms with E-state index in [1.807, 2.05) is 13.8 Å². The van der Waals surface area contributed by atoms with Crippen LogP contribution in [0.4, 0.5) is 5.69 Å². The molecule has 0 aliphatic heterocycles. The number of nitrogens with zero attached hydrogens (tertiary/aromatic N) is 1. The largest absolute Gasteiger partial charge is 0.466 e. The number of carbonyl (C=O) groups is 2. The van der Waals surface area contributed by atoms with Gasteiger partial charge in [0.1, 0.15) is 6.61 Å². The molecule has 0 bridgehead atoms. The fourth-order valence-corrected chi connectivity index (χ4v) is 2.94. The molecule has 1 saturated carbocycles. The molecule has 1 aliphatic rings. The molecule has 134 valence electrons. The van der Waals surface area contributed by atoms with Gasteiger partial charge in [0.25, 0.3) is 5.69 Å². The minimum atomic E-state index is -0.494. The smallest absolute Gasteiger partial charge is 0.333 e. The Balaban J connectivity index is 2.00. The second kappa shape index (κ2) is 7.04. The molecule has 0 amide bonds. The minimum absolute atomic E-state index is 0.0283. The maximum absolute atomic E-state index is 12.3. The van der Waals surface area contributed by atoms with Gasteiger partial charge in [-0.2, -0.15) is 0 Å². The summed E-state index contributed by atoms with van der Waals surface area (Å²) in [6, 6.07) is 5.97. The van der Waals surface area contributed by atoms with E-state index in [-0.39, 0.29) is 35.5 Å². The Kier molecular flexibility index (Phi) is 5.25. The number of carbonyl (C=O) groups excluding carboxylic acids is 2. The third-order valence-electron chi connectivity index (χ3n) is 4.60. The van der Waals surface area contributed by atoms with Crippen LogP contribution < -0.4 is 0 Å². The van der Waals surface area contributed by atoms with E-state index in [1.165, 1.54) is 19.2 Å². The highest BCUT2D eigenvalue weighted by Gasteiger charge is 2.61. The van der Waals surface area contributed by atoms with Gasteiger partial charge in [-0.1, -0.05) is 32.1 Å². The van der Waals surface area contributed by atoms with Gasteiger partial charge in [-0.3, -0.25) is 14.9 Å². The number of nitro groups is 1. The van der Waals surface area contributed by atoms with E-state index in [4.69, 9.17) is 4.74 Å². The summed E-state index contributed by atoms with van der Waals surface area (Å²) in [6.45, 7) is 5.47. The first kappa shape index (κ1) is 18.6. The number of ether oxygens (including phenoxy) is 2. The van der Waals surface area contributed by atoms with Crippen LogP contribution in [0.3, 0.4) is 0 Å². The van der Waals surface area contributed by atoms with Crippen molar-refractivity contribution in [2.24, 2.45) is 17.3 Å². The molecule has 1 aliphatic carbocycles. The van der Waals surface area contributed by atoms with Crippen LogP contribution in [0.1, 0.15) is 26.3 Å². The number of benzene rings is 1. The highest BCUT2D eigenvalue weighted by molar-refractivity contribution is 5.88. The summed E-state index contributed by atoms with van der Waals surface area (Å²) in [6.07, 6.45) is 1.74. The standard InChI is InChI=1S/C18H21NO6/c1-11(16(20)24-4)8-14-15(18(14,2)3)17(21)25-10-12-6-5-7-13(9-12)19(22)23/h5-9,14-15H,10H2,1-4H3/b11-8+. The van der Waals surface area contributed by atoms with Crippen LogP contribution in [0.25, 0.3) is 0 Å². The topological polar surface area (TPSA) is 95.7 Å². The summed E-state index contributed by atoms with van der Waals surface area (Å²) in [7, 11) is 1.31. The lowest BCUT2D eigenvalue weighted by molar-refractivity contribution is -0.384. The van der Waals surface area contributed by atoms with Crippen molar-refractivity contribution in [1.82, 2.24) is 0 Å². The monoisotopic (exact) mass is 347 g/mol. The molecule has 0 N–H and O–H groups in total. The Morgan fingerprint density at radius 2 is 2.04 bits per heavy atom. The molecule has 2 rings (SSSR count). The number of allylic oxidation sites excluding steroid dienone is 1. The first-order valence-electron chi connectivity index (χ1n) is 7.85. The zero-order valence-corrected chi connectivity index (χ0v) is 14.6. The Labute approximate surface area is 145 Å². The van der Waals surface area contributed by atoms with Gasteiger partial charge in [0.05, 0.1) is 18.0 Å². The van der Waals surface area contributed by atoms with Gasteiger partial charge >= 0.3 is 11.9 Å². The van der Waals surface area contributed by atoms with Gasteiger partial charge in [0, 0.05) is 17.7 Å². The van der Waals surface area contributed by atoms with E-state index in [1.54, 1.807) is 25.1 Å². The first-order chi connectivity index (χ1) is 11.7. The van der Waals surface area contributed by atoms with Gasteiger partial charge in [-0.05, 0) is 23.8 Å². The number of hydrogen-bond acceptors (Lipinski definition) is 6. The molecule has 7 nitrogen and oxygen atoms in total. The summed E-state index contributed by atoms with van der Waals surface area (Å²) in [5.74, 6) is -1.27. The molecule has 1 aromatic rings. The van der Waals surface area contributed by atoms with E-state index < -0.39 is 10.9 Å². The van der Waals surface area contributed by atoms with E-state index in [0.717, 1.165) is 0 Å². The zero-order chi connectivity index (χ0) is 18.8. The van der Waals surface area contributed by atoms with E-state index in [0.29, 0.717) is 11.1 Å². The van der Waals surface area contributed by atoms with Gasteiger partial charge in [0.15, 0.2) is 0 Å². The molecule has 7 heteroatoms. The summed E-state index contributed by atoms with van der Waals surface area (Å²) >= 11 is 0. The van der Waals surface area contributed by atoms with Crippen LogP contribution in [0.2, 0.25) is 0 Å². The first-order valence-corrected chi connectivity index (χ1v) is 7.85. The zero-order valence-electron chi connectivity index (χ0n) is 14.6. The second-order valence-corrected chi connectivity index (χ2v) is 6.70. The highest BCUT2D eigenvalue weighted by Crippen LogP contribution is 2.59. The Hall–Kier alpha value is -2.70. The van der Waals surface area contributed by atoms with Crippen LogP contribution in [0.5, 0.6) is 0 Å². The molecule has 0 heterocycles.